The number of halogens is 1. The van der Waals surface area contributed by atoms with E-state index in [-0.39, 0.29) is 23.7 Å². The van der Waals surface area contributed by atoms with Crippen molar-refractivity contribution in [2.24, 2.45) is 0 Å². The predicted octanol–water partition coefficient (Wildman–Crippen LogP) is 3.74. The summed E-state index contributed by atoms with van der Waals surface area (Å²) < 4.78 is 41.0. The molecule has 2 heterocycles. The molecule has 1 aromatic heterocycles. The number of methoxy groups -OCH3 is 2. The topological polar surface area (TPSA) is 84.2 Å². The van der Waals surface area contributed by atoms with Gasteiger partial charge in [-0.25, -0.2) is 14.0 Å². The Kier molecular flexibility index (Phi) is 5.85. The average molecular weight is 440 g/mol. The Morgan fingerprint density at radius 3 is 2.59 bits per heavy atom. The molecule has 1 aliphatic heterocycles. The Morgan fingerprint density at radius 1 is 1.09 bits per heavy atom. The average Bonchev–Trinajstić information content (AvgIpc) is 3.17. The summed E-state index contributed by atoms with van der Waals surface area (Å²) >= 11 is 0. The van der Waals surface area contributed by atoms with E-state index in [1.54, 1.807) is 49.4 Å². The van der Waals surface area contributed by atoms with Crippen LogP contribution in [0.1, 0.15) is 28.4 Å². The van der Waals surface area contributed by atoms with Crippen LogP contribution in [-0.4, -0.2) is 26.3 Å². The van der Waals surface area contributed by atoms with Gasteiger partial charge in [0.1, 0.15) is 23.9 Å². The van der Waals surface area contributed by atoms with Gasteiger partial charge >= 0.3 is 11.6 Å². The van der Waals surface area contributed by atoms with Gasteiger partial charge in [-0.3, -0.25) is 0 Å². The third-order valence-electron chi connectivity index (χ3n) is 5.26. The normalized spacial score (nSPS) is 16.8. The Morgan fingerprint density at radius 2 is 1.88 bits per heavy atom. The maximum atomic E-state index is 13.9. The SMILES string of the molecule is COC(=O)[C@@H]1Oc2cc(C)oc(=O)c2[C@@H]1c1ccc(OCc2ccccc2F)c(OC)c1. The lowest BCUT2D eigenvalue weighted by molar-refractivity contribution is -0.148. The van der Waals surface area contributed by atoms with Gasteiger partial charge in [-0.05, 0) is 30.7 Å². The van der Waals surface area contributed by atoms with Crippen LogP contribution in [0.2, 0.25) is 0 Å². The zero-order valence-electron chi connectivity index (χ0n) is 17.7. The Bertz CT molecular complexity index is 1220. The third kappa shape index (κ3) is 3.91. The molecule has 0 amide bonds. The molecule has 0 bridgehead atoms. The fraction of sp³-hybridized carbons (Fsp3) is 0.250. The highest BCUT2D eigenvalue weighted by molar-refractivity contribution is 5.79. The number of carbonyl (C=O) groups excluding carboxylic acids is 1. The van der Waals surface area contributed by atoms with Crippen molar-refractivity contribution in [3.8, 4) is 17.2 Å². The molecule has 2 aromatic carbocycles. The minimum absolute atomic E-state index is 0.00536. The molecule has 0 N–H and O–H groups in total. The van der Waals surface area contributed by atoms with Gasteiger partial charge in [0.15, 0.2) is 11.5 Å². The zero-order chi connectivity index (χ0) is 22.8. The molecule has 0 radical (unpaired) electrons. The Balaban J connectivity index is 1.70. The van der Waals surface area contributed by atoms with E-state index in [1.165, 1.54) is 20.3 Å². The fourth-order valence-electron chi connectivity index (χ4n) is 3.74. The summed E-state index contributed by atoms with van der Waals surface area (Å²) in [5, 5.41) is 0. The van der Waals surface area contributed by atoms with Gasteiger partial charge in [0.25, 0.3) is 0 Å². The van der Waals surface area contributed by atoms with E-state index in [9.17, 15) is 14.0 Å². The van der Waals surface area contributed by atoms with Crippen molar-refractivity contribution in [2.45, 2.75) is 25.6 Å². The molecule has 0 spiro atoms. The van der Waals surface area contributed by atoms with Crippen molar-refractivity contribution >= 4 is 5.97 Å². The molecule has 2 atom stereocenters. The summed E-state index contributed by atoms with van der Waals surface area (Å²) in [6, 6.07) is 12.9. The first-order valence-electron chi connectivity index (χ1n) is 9.86. The van der Waals surface area contributed by atoms with Crippen molar-refractivity contribution in [1.29, 1.82) is 0 Å². The van der Waals surface area contributed by atoms with E-state index in [1.807, 2.05) is 0 Å². The van der Waals surface area contributed by atoms with Crippen molar-refractivity contribution in [2.75, 3.05) is 14.2 Å². The van der Waals surface area contributed by atoms with Gasteiger partial charge in [0.2, 0.25) is 6.10 Å². The Labute approximate surface area is 183 Å². The number of fused-ring (bicyclic) bond motifs is 1. The summed E-state index contributed by atoms with van der Waals surface area (Å²) in [7, 11) is 2.71. The van der Waals surface area contributed by atoms with Crippen LogP contribution in [0.4, 0.5) is 4.39 Å². The van der Waals surface area contributed by atoms with Gasteiger partial charge < -0.3 is 23.4 Å². The molecule has 4 rings (SSSR count). The fourth-order valence-corrected chi connectivity index (χ4v) is 3.74. The lowest BCUT2D eigenvalue weighted by atomic mass is 9.88. The van der Waals surface area contributed by atoms with Crippen molar-refractivity contribution in [3.63, 3.8) is 0 Å². The second kappa shape index (κ2) is 8.74. The highest BCUT2D eigenvalue weighted by atomic mass is 19.1. The van der Waals surface area contributed by atoms with Crippen LogP contribution >= 0.6 is 0 Å². The zero-order valence-corrected chi connectivity index (χ0v) is 17.7. The van der Waals surface area contributed by atoms with Crippen LogP contribution in [0.5, 0.6) is 17.2 Å². The monoisotopic (exact) mass is 440 g/mol. The molecular weight excluding hydrogens is 419 g/mol. The molecule has 0 saturated heterocycles. The highest BCUT2D eigenvalue weighted by Gasteiger charge is 2.44. The summed E-state index contributed by atoms with van der Waals surface area (Å²) in [5.41, 5.74) is 0.615. The minimum atomic E-state index is -1.06. The highest BCUT2D eigenvalue weighted by Crippen LogP contribution is 2.43. The van der Waals surface area contributed by atoms with Gasteiger partial charge in [-0.2, -0.15) is 0 Å². The van der Waals surface area contributed by atoms with Crippen LogP contribution in [0.25, 0.3) is 0 Å². The lowest BCUT2D eigenvalue weighted by Crippen LogP contribution is -2.31. The van der Waals surface area contributed by atoms with E-state index in [4.69, 9.17) is 23.4 Å². The van der Waals surface area contributed by atoms with Crippen LogP contribution in [0.15, 0.2) is 57.7 Å². The van der Waals surface area contributed by atoms with Crippen molar-refractivity contribution in [1.82, 2.24) is 0 Å². The first-order chi connectivity index (χ1) is 15.4. The van der Waals surface area contributed by atoms with Crippen LogP contribution in [-0.2, 0) is 16.1 Å². The summed E-state index contributed by atoms with van der Waals surface area (Å²) in [4.78, 5) is 25.0. The first kappa shape index (κ1) is 21.4. The van der Waals surface area contributed by atoms with Gasteiger partial charge in [0.05, 0.1) is 25.7 Å². The van der Waals surface area contributed by atoms with Crippen molar-refractivity contribution in [3.05, 3.63) is 87.2 Å². The maximum absolute atomic E-state index is 13.9. The summed E-state index contributed by atoms with van der Waals surface area (Å²) in [5.74, 6) is -0.376. The quantitative estimate of drug-likeness (QED) is 0.540. The van der Waals surface area contributed by atoms with Crippen molar-refractivity contribution < 1.29 is 32.5 Å². The number of esters is 1. The second-order valence-corrected chi connectivity index (χ2v) is 7.25. The molecule has 3 aromatic rings. The summed E-state index contributed by atoms with van der Waals surface area (Å²) in [6.45, 7) is 1.63. The summed E-state index contributed by atoms with van der Waals surface area (Å²) in [6.07, 6.45) is -1.06. The number of carbonyl (C=O) groups is 1. The molecule has 7 nitrogen and oxygen atoms in total. The minimum Gasteiger partial charge on any atom is -0.493 e. The number of aryl methyl sites for hydroxylation is 1. The van der Waals surface area contributed by atoms with E-state index in [0.29, 0.717) is 28.4 Å². The molecule has 32 heavy (non-hydrogen) atoms. The molecule has 0 fully saturated rings. The molecule has 0 unspecified atom stereocenters. The smallest absolute Gasteiger partial charge is 0.348 e. The maximum Gasteiger partial charge on any atom is 0.348 e. The van der Waals surface area contributed by atoms with Crippen LogP contribution < -0.4 is 19.8 Å². The standard InChI is InChI=1S/C24H21FO7/c1-13-10-19-21(23(26)31-13)20(22(32-19)24(27)29-3)14-8-9-17(18(11-14)28-2)30-12-15-6-4-5-7-16(15)25/h4-11,20,22H,12H2,1-3H3/t20-,22+/m0/s1. The van der Waals surface area contributed by atoms with Gasteiger partial charge in [-0.1, -0.05) is 24.3 Å². The van der Waals surface area contributed by atoms with E-state index >= 15 is 0 Å². The first-order valence-corrected chi connectivity index (χ1v) is 9.86. The number of rotatable bonds is 6. The number of hydrogen-bond donors (Lipinski definition) is 0. The lowest BCUT2D eigenvalue weighted by Gasteiger charge is -2.19. The molecule has 1 aliphatic rings. The second-order valence-electron chi connectivity index (χ2n) is 7.25. The molecule has 166 valence electrons. The van der Waals surface area contributed by atoms with Gasteiger partial charge in [0, 0.05) is 11.6 Å². The Hall–Kier alpha value is -3.81. The van der Waals surface area contributed by atoms with E-state index < -0.39 is 23.6 Å². The predicted molar refractivity (Wildman–Crippen MR) is 112 cm³/mol. The molecule has 0 aliphatic carbocycles. The molecule has 0 saturated carbocycles. The number of benzene rings is 2. The van der Waals surface area contributed by atoms with Crippen LogP contribution in [0.3, 0.4) is 0 Å². The molecule has 8 heteroatoms. The number of ether oxygens (including phenoxy) is 4. The van der Waals surface area contributed by atoms with Gasteiger partial charge in [-0.15, -0.1) is 0 Å². The molecular formula is C24H21FO7. The third-order valence-corrected chi connectivity index (χ3v) is 5.26. The van der Waals surface area contributed by atoms with E-state index in [0.717, 1.165) is 0 Å². The number of hydrogen-bond acceptors (Lipinski definition) is 7. The van der Waals surface area contributed by atoms with E-state index in [2.05, 4.69) is 0 Å². The largest absolute Gasteiger partial charge is 0.493 e. The van der Waals surface area contributed by atoms with Crippen LogP contribution in [0, 0.1) is 12.7 Å².